The van der Waals surface area contributed by atoms with E-state index in [1.807, 2.05) is 18.2 Å². The fourth-order valence-corrected chi connectivity index (χ4v) is 2.42. The third-order valence-electron chi connectivity index (χ3n) is 3.54. The molecule has 1 aromatic carbocycles. The molecule has 1 heteroatoms. The van der Waals surface area contributed by atoms with Crippen LogP contribution in [0.4, 0.5) is 0 Å². The lowest BCUT2D eigenvalue weighted by atomic mass is 9.90. The van der Waals surface area contributed by atoms with Gasteiger partial charge in [0.25, 0.3) is 0 Å². The van der Waals surface area contributed by atoms with Crippen molar-refractivity contribution in [2.75, 3.05) is 0 Å². The van der Waals surface area contributed by atoms with E-state index in [-0.39, 0.29) is 5.92 Å². The largest absolute Gasteiger partial charge is 0.299 e. The highest BCUT2D eigenvalue weighted by Gasteiger charge is 2.15. The molecule has 0 N–H and O–H groups in total. The zero-order valence-corrected chi connectivity index (χ0v) is 11.8. The van der Waals surface area contributed by atoms with Gasteiger partial charge >= 0.3 is 0 Å². The van der Waals surface area contributed by atoms with E-state index < -0.39 is 0 Å². The van der Waals surface area contributed by atoms with E-state index >= 15 is 0 Å². The molecule has 0 fully saturated rings. The molecule has 0 aromatic heterocycles. The third-order valence-corrected chi connectivity index (χ3v) is 3.54. The van der Waals surface area contributed by atoms with Gasteiger partial charge in [0.15, 0.2) is 0 Å². The summed E-state index contributed by atoms with van der Waals surface area (Å²) in [4.78, 5) is 11.7. The van der Waals surface area contributed by atoms with Gasteiger partial charge in [-0.15, -0.1) is 0 Å². The molecule has 100 valence electrons. The van der Waals surface area contributed by atoms with Crippen LogP contribution in [0.25, 0.3) is 0 Å². The lowest BCUT2D eigenvalue weighted by molar-refractivity contribution is -0.118. The monoisotopic (exact) mass is 246 g/mol. The molecule has 18 heavy (non-hydrogen) atoms. The van der Waals surface area contributed by atoms with E-state index in [2.05, 4.69) is 19.1 Å². The Morgan fingerprint density at radius 2 is 1.61 bits per heavy atom. The number of unbranched alkanes of at least 4 members (excludes halogenated alkanes) is 5. The number of carbonyl (C=O) groups excluding carboxylic acids is 1. The second-order valence-corrected chi connectivity index (χ2v) is 5.13. The minimum atomic E-state index is 0.109. The zero-order chi connectivity index (χ0) is 13.2. The molecule has 0 heterocycles. The van der Waals surface area contributed by atoms with E-state index in [1.54, 1.807) is 6.92 Å². The summed E-state index contributed by atoms with van der Waals surface area (Å²) in [6, 6.07) is 10.2. The summed E-state index contributed by atoms with van der Waals surface area (Å²) in [7, 11) is 0. The molecule has 0 saturated carbocycles. The van der Waals surface area contributed by atoms with Gasteiger partial charge in [0.2, 0.25) is 0 Å². The topological polar surface area (TPSA) is 17.1 Å². The molecule has 0 aliphatic carbocycles. The van der Waals surface area contributed by atoms with Crippen molar-refractivity contribution in [1.82, 2.24) is 0 Å². The second kappa shape index (κ2) is 8.91. The Labute approximate surface area is 112 Å². The lowest BCUT2D eigenvalue weighted by Gasteiger charge is -2.13. The van der Waals surface area contributed by atoms with Gasteiger partial charge in [-0.2, -0.15) is 0 Å². The molecule has 0 aliphatic heterocycles. The molecule has 0 saturated heterocycles. The van der Waals surface area contributed by atoms with E-state index in [9.17, 15) is 4.79 Å². The van der Waals surface area contributed by atoms with Crippen LogP contribution in [0.2, 0.25) is 0 Å². The molecule has 0 aliphatic rings. The van der Waals surface area contributed by atoms with Crippen LogP contribution in [0.5, 0.6) is 0 Å². The molecule has 1 aromatic rings. The Bertz CT molecular complexity index is 329. The standard InChI is InChI=1S/C17H26O/c1-3-4-5-6-7-11-14-17(15(2)18)16-12-9-8-10-13-16/h8-10,12-13,17H,3-7,11,14H2,1-2H3. The zero-order valence-electron chi connectivity index (χ0n) is 11.8. The predicted molar refractivity (Wildman–Crippen MR) is 77.9 cm³/mol. The third kappa shape index (κ3) is 5.48. The van der Waals surface area contributed by atoms with Crippen LogP contribution in [0.1, 0.15) is 70.3 Å². The maximum absolute atomic E-state index is 11.7. The van der Waals surface area contributed by atoms with Crippen LogP contribution in [0.3, 0.4) is 0 Å². The summed E-state index contributed by atoms with van der Waals surface area (Å²) >= 11 is 0. The first-order valence-corrected chi connectivity index (χ1v) is 7.31. The Morgan fingerprint density at radius 1 is 1.00 bits per heavy atom. The molecule has 0 radical (unpaired) electrons. The summed E-state index contributed by atoms with van der Waals surface area (Å²) in [5.74, 6) is 0.409. The first-order chi connectivity index (χ1) is 8.75. The quantitative estimate of drug-likeness (QED) is 0.553. The van der Waals surface area contributed by atoms with Gasteiger partial charge in [0.05, 0.1) is 0 Å². The van der Waals surface area contributed by atoms with Gasteiger partial charge < -0.3 is 0 Å². The number of hydrogen-bond acceptors (Lipinski definition) is 1. The number of rotatable bonds is 9. The lowest BCUT2D eigenvalue weighted by Crippen LogP contribution is -2.08. The van der Waals surface area contributed by atoms with Crippen LogP contribution in [0.15, 0.2) is 30.3 Å². The van der Waals surface area contributed by atoms with Crippen LogP contribution in [0, 0.1) is 0 Å². The molecule has 1 rings (SSSR count). The van der Waals surface area contributed by atoms with E-state index in [0.717, 1.165) is 6.42 Å². The van der Waals surface area contributed by atoms with Crippen molar-refractivity contribution >= 4 is 5.78 Å². The molecule has 1 atom stereocenters. The van der Waals surface area contributed by atoms with Crippen molar-refractivity contribution in [3.63, 3.8) is 0 Å². The van der Waals surface area contributed by atoms with Crippen LogP contribution in [-0.2, 0) is 4.79 Å². The Morgan fingerprint density at radius 3 is 2.22 bits per heavy atom. The van der Waals surface area contributed by atoms with Crippen molar-refractivity contribution in [3.05, 3.63) is 35.9 Å². The van der Waals surface area contributed by atoms with Crippen LogP contribution >= 0.6 is 0 Å². The molecule has 0 spiro atoms. The van der Waals surface area contributed by atoms with Crippen LogP contribution in [-0.4, -0.2) is 5.78 Å². The number of Topliss-reactive ketones (excluding diaryl/α,β-unsaturated/α-hetero) is 1. The molecule has 1 nitrogen and oxygen atoms in total. The fraction of sp³-hybridized carbons (Fsp3) is 0.588. The first-order valence-electron chi connectivity index (χ1n) is 7.31. The second-order valence-electron chi connectivity index (χ2n) is 5.13. The average molecular weight is 246 g/mol. The maximum Gasteiger partial charge on any atom is 0.137 e. The Kier molecular flexibility index (Phi) is 7.40. The highest BCUT2D eigenvalue weighted by molar-refractivity contribution is 5.83. The van der Waals surface area contributed by atoms with Gasteiger partial charge in [0, 0.05) is 5.92 Å². The predicted octanol–water partition coefficient (Wildman–Crippen LogP) is 5.11. The molecular weight excluding hydrogens is 220 g/mol. The highest BCUT2D eigenvalue weighted by atomic mass is 16.1. The van der Waals surface area contributed by atoms with Crippen molar-refractivity contribution < 1.29 is 4.79 Å². The number of benzene rings is 1. The fourth-order valence-electron chi connectivity index (χ4n) is 2.42. The summed E-state index contributed by atoms with van der Waals surface area (Å²) in [5.41, 5.74) is 1.18. The SMILES string of the molecule is CCCCCCCCC(C(C)=O)c1ccccc1. The van der Waals surface area contributed by atoms with Crippen molar-refractivity contribution in [2.24, 2.45) is 0 Å². The van der Waals surface area contributed by atoms with Crippen molar-refractivity contribution in [1.29, 1.82) is 0 Å². The smallest absolute Gasteiger partial charge is 0.137 e. The van der Waals surface area contributed by atoms with Gasteiger partial charge in [-0.25, -0.2) is 0 Å². The molecule has 0 amide bonds. The Hall–Kier alpha value is -1.11. The van der Waals surface area contributed by atoms with Gasteiger partial charge in [0.1, 0.15) is 5.78 Å². The van der Waals surface area contributed by atoms with Gasteiger partial charge in [-0.3, -0.25) is 4.79 Å². The number of hydrogen-bond donors (Lipinski definition) is 0. The molecular formula is C17H26O. The minimum Gasteiger partial charge on any atom is -0.299 e. The molecule has 0 bridgehead atoms. The summed E-state index contributed by atoms with van der Waals surface area (Å²) < 4.78 is 0. The van der Waals surface area contributed by atoms with E-state index in [4.69, 9.17) is 0 Å². The summed E-state index contributed by atoms with van der Waals surface area (Å²) in [6.45, 7) is 3.95. The average Bonchev–Trinajstić information content (AvgIpc) is 2.38. The Balaban J connectivity index is 2.34. The van der Waals surface area contributed by atoms with Crippen LogP contribution < -0.4 is 0 Å². The molecule has 1 unspecified atom stereocenters. The highest BCUT2D eigenvalue weighted by Crippen LogP contribution is 2.23. The van der Waals surface area contributed by atoms with Crippen molar-refractivity contribution in [3.8, 4) is 0 Å². The van der Waals surface area contributed by atoms with Crippen molar-refractivity contribution in [2.45, 2.75) is 64.7 Å². The van der Waals surface area contributed by atoms with Gasteiger partial charge in [-0.1, -0.05) is 75.8 Å². The number of carbonyl (C=O) groups is 1. The van der Waals surface area contributed by atoms with E-state index in [1.165, 1.54) is 44.1 Å². The summed E-state index contributed by atoms with van der Waals surface area (Å²) in [5, 5.41) is 0. The normalized spacial score (nSPS) is 12.3. The summed E-state index contributed by atoms with van der Waals surface area (Å²) in [6.07, 6.45) is 8.72. The van der Waals surface area contributed by atoms with E-state index in [0.29, 0.717) is 5.78 Å². The first kappa shape index (κ1) is 14.9. The minimum absolute atomic E-state index is 0.109. The number of ketones is 1. The maximum atomic E-state index is 11.7. The van der Waals surface area contributed by atoms with Gasteiger partial charge in [-0.05, 0) is 18.9 Å².